The minimum Gasteiger partial charge on any atom is -0.497 e. The number of fused-ring (bicyclic) bond motifs is 1. The average molecular weight is 470 g/mol. The summed E-state index contributed by atoms with van der Waals surface area (Å²) < 4.78 is 5.30. The maximum Gasteiger partial charge on any atom is 0.195 e. The Kier molecular flexibility index (Phi) is 6.11. The maximum atomic E-state index is 5.30. The number of rotatable bonds is 6. The van der Waals surface area contributed by atoms with Crippen LogP contribution < -0.4 is 4.74 Å². The molecule has 6 heteroatoms. The lowest BCUT2D eigenvalue weighted by molar-refractivity contribution is 0.415. The molecule has 0 aliphatic rings. The maximum absolute atomic E-state index is 5.30. The first kappa shape index (κ1) is 21.6. The second-order valence-electron chi connectivity index (χ2n) is 7.82. The molecule has 0 spiro atoms. The summed E-state index contributed by atoms with van der Waals surface area (Å²) >= 11 is 3.24. The highest BCUT2D eigenvalue weighted by Gasteiger charge is 2.15. The van der Waals surface area contributed by atoms with Crippen LogP contribution >= 0.6 is 23.5 Å². The van der Waals surface area contributed by atoms with E-state index in [1.54, 1.807) is 30.6 Å². The van der Waals surface area contributed by atoms with Crippen LogP contribution in [0.1, 0.15) is 11.1 Å². The smallest absolute Gasteiger partial charge is 0.195 e. The van der Waals surface area contributed by atoms with Crippen molar-refractivity contribution in [2.45, 2.75) is 33.8 Å². The summed E-state index contributed by atoms with van der Waals surface area (Å²) in [6.45, 7) is 4.19. The van der Waals surface area contributed by atoms with Gasteiger partial charge in [-0.1, -0.05) is 47.2 Å². The molecule has 0 unspecified atom stereocenters. The highest BCUT2D eigenvalue weighted by molar-refractivity contribution is 8.00. The van der Waals surface area contributed by atoms with Crippen LogP contribution in [0.4, 0.5) is 0 Å². The second kappa shape index (κ2) is 9.33. The molecule has 0 amide bonds. The van der Waals surface area contributed by atoms with E-state index < -0.39 is 0 Å². The fourth-order valence-corrected chi connectivity index (χ4v) is 5.15. The lowest BCUT2D eigenvalue weighted by Gasteiger charge is -2.06. The molecule has 33 heavy (non-hydrogen) atoms. The molecular weight excluding hydrogens is 446 g/mol. The van der Waals surface area contributed by atoms with Crippen LogP contribution in [-0.4, -0.2) is 22.1 Å². The standard InChI is InChI=1S/C27H23N3OS2/c1-17-4-12-21(13-5-17)32-26-23-16-24(19-8-10-20(31-3)11-9-19)28-25(23)29-27(30-26)33-22-14-6-18(2)7-15-22/h4-16H,1-3H3,(H,28,29,30). The van der Waals surface area contributed by atoms with Crippen molar-refractivity contribution in [3.8, 4) is 17.0 Å². The number of nitrogens with zero attached hydrogens (tertiary/aromatic N) is 2. The molecule has 0 bridgehead atoms. The number of nitrogens with one attached hydrogen (secondary N) is 1. The summed E-state index contributed by atoms with van der Waals surface area (Å²) in [4.78, 5) is 15.6. The summed E-state index contributed by atoms with van der Waals surface area (Å²) in [6, 6.07) is 27.1. The number of hydrogen-bond acceptors (Lipinski definition) is 5. The van der Waals surface area contributed by atoms with E-state index >= 15 is 0 Å². The number of benzene rings is 3. The molecular formula is C27H23N3OS2. The van der Waals surface area contributed by atoms with Gasteiger partial charge >= 0.3 is 0 Å². The van der Waals surface area contributed by atoms with Crippen molar-refractivity contribution in [2.24, 2.45) is 0 Å². The first-order valence-corrected chi connectivity index (χ1v) is 12.2. The van der Waals surface area contributed by atoms with Gasteiger partial charge in [-0.25, -0.2) is 9.97 Å². The molecule has 3 aromatic carbocycles. The number of aromatic nitrogens is 3. The zero-order valence-corrected chi connectivity index (χ0v) is 20.3. The average Bonchev–Trinajstić information content (AvgIpc) is 3.27. The highest BCUT2D eigenvalue weighted by atomic mass is 32.2. The predicted molar refractivity (Wildman–Crippen MR) is 136 cm³/mol. The predicted octanol–water partition coefficient (Wildman–Crippen LogP) is 7.55. The van der Waals surface area contributed by atoms with E-state index in [1.807, 2.05) is 24.3 Å². The van der Waals surface area contributed by atoms with E-state index in [4.69, 9.17) is 14.7 Å². The molecule has 0 radical (unpaired) electrons. The molecule has 164 valence electrons. The number of methoxy groups -OCH3 is 1. The zero-order chi connectivity index (χ0) is 22.8. The molecule has 0 fully saturated rings. The van der Waals surface area contributed by atoms with Crippen molar-refractivity contribution in [3.63, 3.8) is 0 Å². The van der Waals surface area contributed by atoms with Gasteiger partial charge in [0.25, 0.3) is 0 Å². The van der Waals surface area contributed by atoms with E-state index in [9.17, 15) is 0 Å². The Hall–Kier alpha value is -3.22. The molecule has 2 heterocycles. The summed E-state index contributed by atoms with van der Waals surface area (Å²) in [7, 11) is 1.68. The number of H-pyrrole nitrogens is 1. The van der Waals surface area contributed by atoms with E-state index in [2.05, 4.69) is 73.4 Å². The normalized spacial score (nSPS) is 11.1. The van der Waals surface area contributed by atoms with Crippen LogP contribution in [-0.2, 0) is 0 Å². The lowest BCUT2D eigenvalue weighted by Crippen LogP contribution is -1.91. The third-order valence-electron chi connectivity index (χ3n) is 5.30. The second-order valence-corrected chi connectivity index (χ2v) is 9.92. The first-order valence-electron chi connectivity index (χ1n) is 10.6. The Bertz CT molecular complexity index is 1390. The van der Waals surface area contributed by atoms with Gasteiger partial charge in [-0.05, 0) is 85.8 Å². The van der Waals surface area contributed by atoms with Crippen LogP contribution in [0.15, 0.2) is 98.8 Å². The molecule has 0 saturated heterocycles. The summed E-state index contributed by atoms with van der Waals surface area (Å²) in [5.74, 6) is 0.835. The van der Waals surface area contributed by atoms with Crippen molar-refractivity contribution >= 4 is 34.6 Å². The third-order valence-corrected chi connectivity index (χ3v) is 7.18. The monoisotopic (exact) mass is 469 g/mol. The van der Waals surface area contributed by atoms with E-state index in [0.717, 1.165) is 48.0 Å². The fraction of sp³-hybridized carbons (Fsp3) is 0.111. The topological polar surface area (TPSA) is 50.8 Å². The molecule has 5 aromatic rings. The van der Waals surface area contributed by atoms with Gasteiger partial charge in [-0.2, -0.15) is 0 Å². The van der Waals surface area contributed by atoms with E-state index in [0.29, 0.717) is 0 Å². The van der Waals surface area contributed by atoms with Gasteiger partial charge in [0, 0.05) is 15.5 Å². The summed E-state index contributed by atoms with van der Waals surface area (Å²) in [5.41, 5.74) is 5.39. The van der Waals surface area contributed by atoms with Crippen LogP contribution in [0.3, 0.4) is 0 Å². The Morgan fingerprint density at radius 3 is 1.94 bits per heavy atom. The zero-order valence-electron chi connectivity index (χ0n) is 18.6. The summed E-state index contributed by atoms with van der Waals surface area (Å²) in [5, 5.41) is 2.68. The largest absolute Gasteiger partial charge is 0.497 e. The minimum atomic E-state index is 0.726. The van der Waals surface area contributed by atoms with Gasteiger partial charge in [0.2, 0.25) is 0 Å². The van der Waals surface area contributed by atoms with Crippen molar-refractivity contribution in [1.82, 2.24) is 15.0 Å². The van der Waals surface area contributed by atoms with Crippen molar-refractivity contribution in [3.05, 3.63) is 90.0 Å². The van der Waals surface area contributed by atoms with Gasteiger partial charge < -0.3 is 9.72 Å². The molecule has 0 atom stereocenters. The summed E-state index contributed by atoms with van der Waals surface area (Å²) in [6.07, 6.45) is 0. The lowest BCUT2D eigenvalue weighted by atomic mass is 10.1. The number of hydrogen-bond donors (Lipinski definition) is 1. The highest BCUT2D eigenvalue weighted by Crippen LogP contribution is 2.37. The Morgan fingerprint density at radius 1 is 0.727 bits per heavy atom. The van der Waals surface area contributed by atoms with Crippen LogP contribution in [0.25, 0.3) is 22.3 Å². The molecule has 0 saturated carbocycles. The molecule has 0 aliphatic carbocycles. The molecule has 1 N–H and O–H groups in total. The van der Waals surface area contributed by atoms with Crippen molar-refractivity contribution < 1.29 is 4.74 Å². The first-order chi connectivity index (χ1) is 16.1. The van der Waals surface area contributed by atoms with E-state index in [-0.39, 0.29) is 0 Å². The van der Waals surface area contributed by atoms with Crippen LogP contribution in [0.2, 0.25) is 0 Å². The SMILES string of the molecule is COc1ccc(-c2cc3c(Sc4ccc(C)cc4)nc(Sc4ccc(C)cc4)nc3[nH]2)cc1. The Balaban J connectivity index is 1.57. The van der Waals surface area contributed by atoms with Crippen molar-refractivity contribution in [1.29, 1.82) is 0 Å². The van der Waals surface area contributed by atoms with Gasteiger partial charge in [0.1, 0.15) is 16.4 Å². The Morgan fingerprint density at radius 2 is 1.33 bits per heavy atom. The number of aryl methyl sites for hydroxylation is 2. The molecule has 4 nitrogen and oxygen atoms in total. The minimum absolute atomic E-state index is 0.726. The van der Waals surface area contributed by atoms with Gasteiger partial charge in [-0.15, -0.1) is 0 Å². The Labute approximate surface area is 201 Å². The van der Waals surface area contributed by atoms with Gasteiger partial charge in [-0.3, -0.25) is 0 Å². The van der Waals surface area contributed by atoms with E-state index in [1.165, 1.54) is 11.1 Å². The molecule has 0 aliphatic heterocycles. The molecule has 2 aromatic heterocycles. The van der Waals surface area contributed by atoms with Crippen LogP contribution in [0.5, 0.6) is 5.75 Å². The van der Waals surface area contributed by atoms with Gasteiger partial charge in [0.05, 0.1) is 12.5 Å². The third kappa shape index (κ3) is 4.92. The quantitative estimate of drug-likeness (QED) is 0.205. The number of ether oxygens (including phenoxy) is 1. The fourth-order valence-electron chi connectivity index (χ4n) is 3.44. The van der Waals surface area contributed by atoms with Crippen molar-refractivity contribution in [2.75, 3.05) is 7.11 Å². The van der Waals surface area contributed by atoms with Gasteiger partial charge in [0.15, 0.2) is 5.16 Å². The van der Waals surface area contributed by atoms with Crippen LogP contribution in [0, 0.1) is 13.8 Å². The number of aromatic amines is 1. The molecule has 5 rings (SSSR count).